The molecule has 0 aliphatic heterocycles. The highest BCUT2D eigenvalue weighted by atomic mass is 79.9. The maximum Gasteiger partial charge on any atom is 0.235 e. The van der Waals surface area contributed by atoms with Crippen LogP contribution in [-0.4, -0.2) is 19.8 Å². The lowest BCUT2D eigenvalue weighted by molar-refractivity contribution is 0.604. The molecule has 126 valence electrons. The smallest absolute Gasteiger partial charge is 0.235 e. The van der Waals surface area contributed by atoms with Crippen molar-refractivity contribution in [2.45, 2.75) is 0 Å². The van der Waals surface area contributed by atoms with Gasteiger partial charge in [-0.1, -0.05) is 57.6 Å². The molecule has 0 aliphatic rings. The lowest BCUT2D eigenvalue weighted by Gasteiger charge is -1.96. The molecule has 7 heteroatoms. The molecule has 26 heavy (non-hydrogen) atoms. The van der Waals surface area contributed by atoms with Crippen LogP contribution in [0.2, 0.25) is 0 Å². The van der Waals surface area contributed by atoms with Crippen molar-refractivity contribution in [2.24, 2.45) is 0 Å². The minimum Gasteiger partial charge on any atom is -0.457 e. The van der Waals surface area contributed by atoms with E-state index in [1.807, 2.05) is 66.7 Å². The molecule has 0 fully saturated rings. The Morgan fingerprint density at radius 3 is 2.69 bits per heavy atom. The number of hydrogen-bond donors (Lipinski definition) is 0. The number of fused-ring (bicyclic) bond motifs is 2. The van der Waals surface area contributed by atoms with Crippen LogP contribution >= 0.6 is 27.3 Å². The molecule has 0 unspecified atom stereocenters. The first-order valence-electron chi connectivity index (χ1n) is 7.91. The Morgan fingerprint density at radius 2 is 1.85 bits per heavy atom. The molecule has 0 N–H and O–H groups in total. The second-order valence-electron chi connectivity index (χ2n) is 5.69. The van der Waals surface area contributed by atoms with Crippen LogP contribution in [0, 0.1) is 0 Å². The maximum atomic E-state index is 5.80. The summed E-state index contributed by atoms with van der Waals surface area (Å²) in [7, 11) is 0. The van der Waals surface area contributed by atoms with Crippen molar-refractivity contribution in [3.8, 4) is 11.4 Å². The molecule has 0 radical (unpaired) electrons. The van der Waals surface area contributed by atoms with E-state index in [0.717, 1.165) is 42.6 Å². The van der Waals surface area contributed by atoms with Gasteiger partial charge in [-0.15, -0.1) is 10.2 Å². The zero-order chi connectivity index (χ0) is 17.5. The van der Waals surface area contributed by atoms with Crippen molar-refractivity contribution in [3.63, 3.8) is 0 Å². The van der Waals surface area contributed by atoms with Crippen molar-refractivity contribution in [2.75, 3.05) is 0 Å². The standard InChI is InChI=1S/C19H11BrN4OS/c20-14-7-5-12(6-8-14)18-21-22-19-24(18)23-17(26-19)10-9-15-11-13-3-1-2-4-16(13)25-15/h1-11H/b10-9+. The predicted molar refractivity (Wildman–Crippen MR) is 107 cm³/mol. The Morgan fingerprint density at radius 1 is 1.00 bits per heavy atom. The van der Waals surface area contributed by atoms with Gasteiger partial charge in [0.1, 0.15) is 16.4 Å². The molecule has 5 rings (SSSR count). The average Bonchev–Trinajstić information content (AvgIpc) is 3.34. The highest BCUT2D eigenvalue weighted by Gasteiger charge is 2.12. The van der Waals surface area contributed by atoms with Crippen molar-refractivity contribution in [3.05, 3.63) is 69.8 Å². The average molecular weight is 423 g/mol. The molecule has 5 nitrogen and oxygen atoms in total. The zero-order valence-corrected chi connectivity index (χ0v) is 15.7. The summed E-state index contributed by atoms with van der Waals surface area (Å²) in [6.45, 7) is 0. The van der Waals surface area contributed by atoms with E-state index >= 15 is 0 Å². The van der Waals surface area contributed by atoms with E-state index in [4.69, 9.17) is 4.42 Å². The van der Waals surface area contributed by atoms with E-state index in [0.29, 0.717) is 0 Å². The molecule has 3 aromatic heterocycles. The van der Waals surface area contributed by atoms with E-state index in [1.165, 1.54) is 11.3 Å². The summed E-state index contributed by atoms with van der Waals surface area (Å²) in [5.74, 6) is 1.53. The van der Waals surface area contributed by atoms with Crippen molar-refractivity contribution in [1.82, 2.24) is 19.8 Å². The normalized spacial score (nSPS) is 11.9. The Balaban J connectivity index is 1.49. The largest absolute Gasteiger partial charge is 0.457 e. The number of nitrogens with zero attached hydrogens (tertiary/aromatic N) is 4. The van der Waals surface area contributed by atoms with Gasteiger partial charge in [0.2, 0.25) is 4.96 Å². The van der Waals surface area contributed by atoms with E-state index in [-0.39, 0.29) is 0 Å². The van der Waals surface area contributed by atoms with E-state index in [2.05, 4.69) is 31.2 Å². The molecule has 0 aliphatic carbocycles. The fourth-order valence-electron chi connectivity index (χ4n) is 2.72. The Bertz CT molecular complexity index is 1220. The number of benzene rings is 2. The summed E-state index contributed by atoms with van der Waals surface area (Å²) in [6.07, 6.45) is 3.85. The van der Waals surface area contributed by atoms with Gasteiger partial charge in [0.25, 0.3) is 0 Å². The summed E-state index contributed by atoms with van der Waals surface area (Å²) in [4.78, 5) is 0.757. The van der Waals surface area contributed by atoms with Gasteiger partial charge in [0, 0.05) is 15.4 Å². The third kappa shape index (κ3) is 2.75. The minimum atomic E-state index is 0.729. The summed E-state index contributed by atoms with van der Waals surface area (Å²) in [5.41, 5.74) is 1.85. The molecular formula is C19H11BrN4OS. The van der Waals surface area contributed by atoms with Crippen molar-refractivity contribution >= 4 is 55.3 Å². The minimum absolute atomic E-state index is 0.729. The lowest BCUT2D eigenvalue weighted by atomic mass is 10.2. The summed E-state index contributed by atoms with van der Waals surface area (Å²) in [5, 5.41) is 15.0. The highest BCUT2D eigenvalue weighted by Crippen LogP contribution is 2.25. The number of aromatic nitrogens is 4. The zero-order valence-electron chi connectivity index (χ0n) is 13.3. The third-order valence-electron chi connectivity index (χ3n) is 3.94. The van der Waals surface area contributed by atoms with Gasteiger partial charge in [-0.2, -0.15) is 9.61 Å². The van der Waals surface area contributed by atoms with Gasteiger partial charge in [0.15, 0.2) is 5.82 Å². The fourth-order valence-corrected chi connectivity index (χ4v) is 3.72. The van der Waals surface area contributed by atoms with Crippen LogP contribution in [-0.2, 0) is 0 Å². The lowest BCUT2D eigenvalue weighted by Crippen LogP contribution is -1.90. The van der Waals surface area contributed by atoms with Gasteiger partial charge in [-0.25, -0.2) is 0 Å². The monoisotopic (exact) mass is 422 g/mol. The molecule has 5 aromatic rings. The SMILES string of the molecule is Brc1ccc(-c2nnc3sc(/C=C/c4cc5ccccc5o4)nn23)cc1. The van der Waals surface area contributed by atoms with Crippen LogP contribution in [0.4, 0.5) is 0 Å². The first-order chi connectivity index (χ1) is 12.8. The second kappa shape index (κ2) is 6.19. The first-order valence-corrected chi connectivity index (χ1v) is 9.52. The van der Waals surface area contributed by atoms with Crippen LogP contribution in [0.25, 0.3) is 39.5 Å². The number of furan rings is 1. The van der Waals surface area contributed by atoms with Gasteiger partial charge in [-0.3, -0.25) is 0 Å². The van der Waals surface area contributed by atoms with Crippen LogP contribution in [0.15, 0.2) is 63.5 Å². The molecular weight excluding hydrogens is 412 g/mol. The van der Waals surface area contributed by atoms with Crippen LogP contribution in [0.1, 0.15) is 10.8 Å². The van der Waals surface area contributed by atoms with Gasteiger partial charge < -0.3 is 4.42 Å². The summed E-state index contributed by atoms with van der Waals surface area (Å²) in [6, 6.07) is 17.9. The Labute approximate surface area is 160 Å². The van der Waals surface area contributed by atoms with Crippen molar-refractivity contribution in [1.29, 1.82) is 0 Å². The predicted octanol–water partition coefficient (Wildman–Crippen LogP) is 5.53. The number of para-hydroxylation sites is 1. The maximum absolute atomic E-state index is 5.80. The van der Waals surface area contributed by atoms with Crippen molar-refractivity contribution < 1.29 is 4.42 Å². The number of hydrogen-bond acceptors (Lipinski definition) is 5. The van der Waals surface area contributed by atoms with Gasteiger partial charge in [-0.05, 0) is 36.4 Å². The Hall–Kier alpha value is -2.77. The fraction of sp³-hybridized carbons (Fsp3) is 0. The molecule has 0 bridgehead atoms. The first kappa shape index (κ1) is 15.5. The molecule has 0 saturated carbocycles. The van der Waals surface area contributed by atoms with Crippen LogP contribution in [0.3, 0.4) is 0 Å². The van der Waals surface area contributed by atoms with E-state index in [9.17, 15) is 0 Å². The number of rotatable bonds is 3. The third-order valence-corrected chi connectivity index (χ3v) is 5.34. The summed E-state index contributed by atoms with van der Waals surface area (Å²) < 4.78 is 8.59. The topological polar surface area (TPSA) is 56.2 Å². The van der Waals surface area contributed by atoms with Crippen LogP contribution < -0.4 is 0 Å². The van der Waals surface area contributed by atoms with E-state index in [1.54, 1.807) is 4.52 Å². The molecule has 3 heterocycles. The second-order valence-corrected chi connectivity index (χ2v) is 7.59. The molecule has 0 saturated heterocycles. The van der Waals surface area contributed by atoms with Gasteiger partial charge in [0.05, 0.1) is 0 Å². The van der Waals surface area contributed by atoms with Crippen LogP contribution in [0.5, 0.6) is 0 Å². The summed E-state index contributed by atoms with van der Waals surface area (Å²) >= 11 is 4.93. The molecule has 0 spiro atoms. The quantitative estimate of drug-likeness (QED) is 0.383. The van der Waals surface area contributed by atoms with Gasteiger partial charge >= 0.3 is 0 Å². The highest BCUT2D eigenvalue weighted by molar-refractivity contribution is 9.10. The molecule has 0 amide bonds. The Kier molecular flexibility index (Phi) is 3.69. The molecule has 0 atom stereocenters. The molecule has 2 aromatic carbocycles. The van der Waals surface area contributed by atoms with E-state index < -0.39 is 0 Å². The number of halogens is 1.